The lowest BCUT2D eigenvalue weighted by molar-refractivity contribution is 0.0848. The molecule has 1 aliphatic heterocycles. The van der Waals surface area contributed by atoms with Gasteiger partial charge in [0.1, 0.15) is 6.10 Å². The lowest BCUT2D eigenvalue weighted by atomic mass is 10.1. The highest BCUT2D eigenvalue weighted by atomic mass is 16.6. The number of nitrogens with one attached hydrogen (secondary N) is 1. The molecule has 1 heterocycles. The molecule has 2 N–H and O–H groups in total. The summed E-state index contributed by atoms with van der Waals surface area (Å²) in [5.41, 5.74) is 0. The molecule has 0 aromatic heterocycles. The maximum atomic E-state index is 11.9. The van der Waals surface area contributed by atoms with Gasteiger partial charge >= 0.3 is 6.09 Å². The second-order valence-corrected chi connectivity index (χ2v) is 6.22. The zero-order chi connectivity index (χ0) is 16.0. The predicted molar refractivity (Wildman–Crippen MR) is 89.0 cm³/mol. The van der Waals surface area contributed by atoms with Crippen molar-refractivity contribution in [2.24, 2.45) is 0 Å². The number of hydrogen-bond acceptors (Lipinski definition) is 4. The van der Waals surface area contributed by atoms with E-state index in [4.69, 9.17) is 9.84 Å². The third-order valence-electron chi connectivity index (χ3n) is 4.21. The van der Waals surface area contributed by atoms with Crippen LogP contribution in [0.5, 0.6) is 0 Å². The van der Waals surface area contributed by atoms with E-state index >= 15 is 0 Å². The van der Waals surface area contributed by atoms with E-state index in [9.17, 15) is 4.79 Å². The third-order valence-corrected chi connectivity index (χ3v) is 4.21. The van der Waals surface area contributed by atoms with E-state index < -0.39 is 0 Å². The number of hydrogen-bond donors (Lipinski definition) is 2. The van der Waals surface area contributed by atoms with Crippen molar-refractivity contribution in [2.75, 3.05) is 32.8 Å². The normalized spacial score (nSPS) is 16.6. The van der Waals surface area contributed by atoms with Gasteiger partial charge in [-0.1, -0.05) is 26.2 Å². The van der Waals surface area contributed by atoms with E-state index in [0.29, 0.717) is 6.54 Å². The third kappa shape index (κ3) is 9.26. The predicted octanol–water partition coefficient (Wildman–Crippen LogP) is 2.92. The second kappa shape index (κ2) is 12.7. The standard InChI is InChI=1S/C17H34N2O3/c1-2-9-16(10-5-3-4-8-15-20)22-17(21)18-11-14-19-12-6-7-13-19/h16,20H,2-15H2,1H3,(H,18,21). The summed E-state index contributed by atoms with van der Waals surface area (Å²) in [5, 5.41) is 11.6. The van der Waals surface area contributed by atoms with Crippen molar-refractivity contribution in [1.82, 2.24) is 10.2 Å². The Bertz CT molecular complexity index is 281. The molecule has 1 amide bonds. The number of nitrogens with zero attached hydrogens (tertiary/aromatic N) is 1. The Balaban J connectivity index is 2.10. The lowest BCUT2D eigenvalue weighted by Crippen LogP contribution is -2.35. The second-order valence-electron chi connectivity index (χ2n) is 6.22. The zero-order valence-electron chi connectivity index (χ0n) is 14.2. The minimum absolute atomic E-state index is 0.0333. The molecule has 0 bridgehead atoms. The molecule has 1 rings (SSSR count). The van der Waals surface area contributed by atoms with Gasteiger partial charge in [-0.15, -0.1) is 0 Å². The van der Waals surface area contributed by atoms with E-state index in [-0.39, 0.29) is 18.8 Å². The molecule has 1 fully saturated rings. The monoisotopic (exact) mass is 314 g/mol. The average Bonchev–Trinajstić information content (AvgIpc) is 3.00. The van der Waals surface area contributed by atoms with Crippen LogP contribution in [-0.4, -0.2) is 55.0 Å². The highest BCUT2D eigenvalue weighted by molar-refractivity contribution is 5.67. The first-order valence-corrected chi connectivity index (χ1v) is 9.04. The first-order valence-electron chi connectivity index (χ1n) is 9.04. The number of aliphatic hydroxyl groups is 1. The number of rotatable bonds is 12. The van der Waals surface area contributed by atoms with Gasteiger partial charge < -0.3 is 20.1 Å². The van der Waals surface area contributed by atoms with Crippen LogP contribution in [0.1, 0.15) is 64.7 Å². The van der Waals surface area contributed by atoms with Gasteiger partial charge in [0.25, 0.3) is 0 Å². The number of amides is 1. The van der Waals surface area contributed by atoms with Crippen molar-refractivity contribution in [3.05, 3.63) is 0 Å². The Morgan fingerprint density at radius 1 is 1.18 bits per heavy atom. The minimum atomic E-state index is -0.270. The Labute approximate surface area is 135 Å². The van der Waals surface area contributed by atoms with E-state index in [1.54, 1.807) is 0 Å². The van der Waals surface area contributed by atoms with E-state index in [1.807, 2.05) is 0 Å². The summed E-state index contributed by atoms with van der Waals surface area (Å²) in [6, 6.07) is 0. The largest absolute Gasteiger partial charge is 0.446 e. The number of unbranched alkanes of at least 4 members (excludes halogenated alkanes) is 3. The molecule has 130 valence electrons. The van der Waals surface area contributed by atoms with Crippen LogP contribution in [0.2, 0.25) is 0 Å². The molecule has 1 aliphatic rings. The smallest absolute Gasteiger partial charge is 0.407 e. The van der Waals surface area contributed by atoms with Gasteiger partial charge in [0, 0.05) is 19.7 Å². The molecular formula is C17H34N2O3. The van der Waals surface area contributed by atoms with Crippen molar-refractivity contribution in [3.63, 3.8) is 0 Å². The van der Waals surface area contributed by atoms with Gasteiger partial charge in [-0.25, -0.2) is 4.79 Å². The van der Waals surface area contributed by atoms with Crippen LogP contribution in [-0.2, 0) is 4.74 Å². The molecule has 0 spiro atoms. The Morgan fingerprint density at radius 3 is 2.59 bits per heavy atom. The van der Waals surface area contributed by atoms with Crippen molar-refractivity contribution in [3.8, 4) is 0 Å². The van der Waals surface area contributed by atoms with Crippen LogP contribution in [0, 0.1) is 0 Å². The Morgan fingerprint density at radius 2 is 1.91 bits per heavy atom. The molecule has 0 aromatic rings. The maximum Gasteiger partial charge on any atom is 0.407 e. The topological polar surface area (TPSA) is 61.8 Å². The molecule has 1 saturated heterocycles. The quantitative estimate of drug-likeness (QED) is 0.544. The van der Waals surface area contributed by atoms with Crippen LogP contribution in [0.3, 0.4) is 0 Å². The minimum Gasteiger partial charge on any atom is -0.446 e. The fourth-order valence-corrected chi connectivity index (χ4v) is 2.94. The number of ether oxygens (including phenoxy) is 1. The van der Waals surface area contributed by atoms with Gasteiger partial charge in [0.05, 0.1) is 0 Å². The molecule has 22 heavy (non-hydrogen) atoms. The first kappa shape index (κ1) is 19.2. The summed E-state index contributed by atoms with van der Waals surface area (Å²) >= 11 is 0. The van der Waals surface area contributed by atoms with Gasteiger partial charge in [-0.05, 0) is 51.6 Å². The van der Waals surface area contributed by atoms with Crippen molar-refractivity contribution < 1.29 is 14.6 Å². The number of likely N-dealkylation sites (tertiary alicyclic amines) is 1. The van der Waals surface area contributed by atoms with E-state index in [0.717, 1.165) is 64.6 Å². The van der Waals surface area contributed by atoms with E-state index in [2.05, 4.69) is 17.1 Å². The molecule has 1 unspecified atom stereocenters. The van der Waals surface area contributed by atoms with Crippen LogP contribution < -0.4 is 5.32 Å². The Kier molecular flexibility index (Phi) is 11.1. The number of carbonyl (C=O) groups excluding carboxylic acids is 1. The number of alkyl carbamates (subject to hydrolysis) is 1. The van der Waals surface area contributed by atoms with Crippen LogP contribution in [0.15, 0.2) is 0 Å². The summed E-state index contributed by atoms with van der Waals surface area (Å²) in [4.78, 5) is 14.2. The summed E-state index contributed by atoms with van der Waals surface area (Å²) in [6.45, 7) is 6.30. The zero-order valence-corrected chi connectivity index (χ0v) is 14.2. The molecule has 0 aromatic carbocycles. The van der Waals surface area contributed by atoms with Crippen molar-refractivity contribution >= 4 is 6.09 Å². The highest BCUT2D eigenvalue weighted by Gasteiger charge is 2.14. The first-order chi connectivity index (χ1) is 10.8. The maximum absolute atomic E-state index is 11.9. The van der Waals surface area contributed by atoms with Crippen LogP contribution in [0.4, 0.5) is 4.79 Å². The molecule has 0 aliphatic carbocycles. The molecule has 5 nitrogen and oxygen atoms in total. The number of carbonyl (C=O) groups is 1. The summed E-state index contributed by atoms with van der Waals surface area (Å²) in [5.74, 6) is 0. The van der Waals surface area contributed by atoms with Gasteiger partial charge in [0.2, 0.25) is 0 Å². The number of aliphatic hydroxyl groups excluding tert-OH is 1. The highest BCUT2D eigenvalue weighted by Crippen LogP contribution is 2.13. The summed E-state index contributed by atoms with van der Waals surface area (Å²) in [7, 11) is 0. The molecule has 0 saturated carbocycles. The van der Waals surface area contributed by atoms with E-state index in [1.165, 1.54) is 12.8 Å². The van der Waals surface area contributed by atoms with Crippen molar-refractivity contribution in [1.29, 1.82) is 0 Å². The van der Waals surface area contributed by atoms with Crippen LogP contribution >= 0.6 is 0 Å². The van der Waals surface area contributed by atoms with Gasteiger partial charge in [-0.2, -0.15) is 0 Å². The SMILES string of the molecule is CCCC(CCCCCCO)OC(=O)NCCN1CCCC1. The molecule has 5 heteroatoms. The average molecular weight is 314 g/mol. The Hall–Kier alpha value is -0.810. The lowest BCUT2D eigenvalue weighted by Gasteiger charge is -2.19. The fourth-order valence-electron chi connectivity index (χ4n) is 2.94. The van der Waals surface area contributed by atoms with Gasteiger partial charge in [-0.3, -0.25) is 0 Å². The molecular weight excluding hydrogens is 280 g/mol. The van der Waals surface area contributed by atoms with Gasteiger partial charge in [0.15, 0.2) is 0 Å². The van der Waals surface area contributed by atoms with Crippen LogP contribution in [0.25, 0.3) is 0 Å². The summed E-state index contributed by atoms with van der Waals surface area (Å²) < 4.78 is 5.54. The summed E-state index contributed by atoms with van der Waals surface area (Å²) in [6.07, 6.45) is 9.29. The molecule has 1 atom stereocenters. The van der Waals surface area contributed by atoms with Crippen molar-refractivity contribution in [2.45, 2.75) is 70.8 Å². The fraction of sp³-hybridized carbons (Fsp3) is 0.941. The molecule has 0 radical (unpaired) electrons.